The Hall–Kier alpha value is -3.08. The monoisotopic (exact) mass is 531 g/mol. The number of aromatic nitrogens is 4. The number of carbonyl (C=O) groups is 1. The third-order valence-corrected chi connectivity index (χ3v) is 9.22. The lowest BCUT2D eigenvalue weighted by molar-refractivity contribution is -0.138. The molecular weight excluding hydrogens is 498 g/mol. The van der Waals surface area contributed by atoms with Crippen LogP contribution in [-0.2, 0) is 16.1 Å². The van der Waals surface area contributed by atoms with Crippen LogP contribution in [-0.4, -0.2) is 87.2 Å². The number of piperazine rings is 1. The van der Waals surface area contributed by atoms with Crippen molar-refractivity contribution in [2.45, 2.75) is 45.2 Å². The highest BCUT2D eigenvalue weighted by Gasteiger charge is 2.31. The molecule has 0 radical (unpaired) electrons. The van der Waals surface area contributed by atoms with Gasteiger partial charge in [0.15, 0.2) is 5.82 Å². The predicted octanol–water partition coefficient (Wildman–Crippen LogP) is 3.76. The summed E-state index contributed by atoms with van der Waals surface area (Å²) in [6, 6.07) is 10.8. The van der Waals surface area contributed by atoms with Gasteiger partial charge in [-0.2, -0.15) is 4.98 Å². The molecule has 0 spiro atoms. The number of thiophene rings is 1. The van der Waals surface area contributed by atoms with Crippen molar-refractivity contribution in [2.75, 3.05) is 50.8 Å². The van der Waals surface area contributed by atoms with Crippen LogP contribution >= 0.6 is 11.3 Å². The van der Waals surface area contributed by atoms with E-state index in [9.17, 15) is 4.79 Å². The highest BCUT2D eigenvalue weighted by Crippen LogP contribution is 2.35. The van der Waals surface area contributed by atoms with Gasteiger partial charge in [0, 0.05) is 43.6 Å². The number of fused-ring (bicyclic) bond motifs is 2. The number of anilines is 1. The number of carbonyl (C=O) groups excluding carboxylic acids is 1. The maximum atomic E-state index is 13.0. The second kappa shape index (κ2) is 9.91. The topological polar surface area (TPSA) is 79.6 Å². The molecule has 3 fully saturated rings. The summed E-state index contributed by atoms with van der Waals surface area (Å²) in [5.41, 5.74) is 2.89. The first kappa shape index (κ1) is 24.0. The summed E-state index contributed by atoms with van der Waals surface area (Å²) in [6.07, 6.45) is 4.84. The summed E-state index contributed by atoms with van der Waals surface area (Å²) in [5.74, 6) is 2.76. The number of aryl methyl sites for hydroxylation is 1. The van der Waals surface area contributed by atoms with Crippen molar-refractivity contribution in [1.29, 1.82) is 0 Å². The normalized spacial score (nSPS) is 19.9. The van der Waals surface area contributed by atoms with Crippen molar-refractivity contribution < 1.29 is 9.53 Å². The summed E-state index contributed by atoms with van der Waals surface area (Å²) in [6.45, 7) is 8.02. The number of hydrogen-bond donors (Lipinski definition) is 0. The zero-order valence-electron chi connectivity index (χ0n) is 21.8. The highest BCUT2D eigenvalue weighted by molar-refractivity contribution is 7.19. The maximum Gasteiger partial charge on any atom is 0.238 e. The molecule has 2 saturated heterocycles. The van der Waals surface area contributed by atoms with Crippen LogP contribution in [0.3, 0.4) is 0 Å². The molecule has 0 atom stereocenters. The van der Waals surface area contributed by atoms with E-state index in [0.717, 1.165) is 65.6 Å². The average Bonchev–Trinajstić information content (AvgIpc) is 3.67. The SMILES string of the molecule is Cc1nc2ccccc2n1-c1nc(N2CCOCC2)c2sc(CN3CCN(C4CCCC4)C(=O)C3)cc2n1. The van der Waals surface area contributed by atoms with Crippen molar-refractivity contribution in [3.8, 4) is 5.95 Å². The number of morpholine rings is 1. The van der Waals surface area contributed by atoms with Gasteiger partial charge in [0.2, 0.25) is 11.9 Å². The fraction of sp³-hybridized carbons (Fsp3) is 0.500. The molecule has 198 valence electrons. The van der Waals surface area contributed by atoms with E-state index in [4.69, 9.17) is 19.7 Å². The van der Waals surface area contributed by atoms with Gasteiger partial charge in [0.05, 0.1) is 41.0 Å². The molecule has 0 bridgehead atoms. The van der Waals surface area contributed by atoms with E-state index in [-0.39, 0.29) is 5.91 Å². The minimum Gasteiger partial charge on any atom is -0.378 e. The van der Waals surface area contributed by atoms with Gasteiger partial charge < -0.3 is 14.5 Å². The maximum absolute atomic E-state index is 13.0. The molecular formula is C28H33N7O2S. The lowest BCUT2D eigenvalue weighted by Crippen LogP contribution is -2.53. The fourth-order valence-corrected chi connectivity index (χ4v) is 7.37. The van der Waals surface area contributed by atoms with Crippen LogP contribution in [0.2, 0.25) is 0 Å². The van der Waals surface area contributed by atoms with Crippen LogP contribution in [0.5, 0.6) is 0 Å². The first-order valence-electron chi connectivity index (χ1n) is 13.7. The Kier molecular flexibility index (Phi) is 6.25. The van der Waals surface area contributed by atoms with Gasteiger partial charge in [-0.1, -0.05) is 25.0 Å². The molecule has 38 heavy (non-hydrogen) atoms. The molecule has 2 aliphatic heterocycles. The quantitative estimate of drug-likeness (QED) is 0.388. The van der Waals surface area contributed by atoms with Gasteiger partial charge in [-0.25, -0.2) is 9.97 Å². The van der Waals surface area contributed by atoms with E-state index in [1.165, 1.54) is 30.6 Å². The zero-order chi connectivity index (χ0) is 25.6. The summed E-state index contributed by atoms with van der Waals surface area (Å²) in [4.78, 5) is 35.8. The van der Waals surface area contributed by atoms with E-state index in [1.54, 1.807) is 11.3 Å². The molecule has 0 unspecified atom stereocenters. The molecule has 7 rings (SSSR count). The first-order chi connectivity index (χ1) is 18.6. The third kappa shape index (κ3) is 4.34. The Bertz CT molecular complexity index is 1490. The Balaban J connectivity index is 1.22. The van der Waals surface area contributed by atoms with Crippen LogP contribution in [0.1, 0.15) is 36.4 Å². The van der Waals surface area contributed by atoms with Gasteiger partial charge >= 0.3 is 0 Å². The Morgan fingerprint density at radius 3 is 2.63 bits per heavy atom. The van der Waals surface area contributed by atoms with E-state index < -0.39 is 0 Å². The fourth-order valence-electron chi connectivity index (χ4n) is 6.21. The number of rotatable bonds is 5. The highest BCUT2D eigenvalue weighted by atomic mass is 32.1. The number of benzene rings is 1. The minimum atomic E-state index is 0.280. The summed E-state index contributed by atoms with van der Waals surface area (Å²) < 4.78 is 8.79. The molecule has 1 aliphatic carbocycles. The van der Waals surface area contributed by atoms with Gasteiger partial charge in [0.25, 0.3) is 0 Å². The second-order valence-electron chi connectivity index (χ2n) is 10.6. The van der Waals surface area contributed by atoms with E-state index in [1.807, 2.05) is 25.1 Å². The van der Waals surface area contributed by atoms with Crippen LogP contribution < -0.4 is 4.90 Å². The number of para-hydroxylation sites is 2. The number of amides is 1. The molecule has 1 amide bonds. The Morgan fingerprint density at radius 1 is 1.00 bits per heavy atom. The summed E-state index contributed by atoms with van der Waals surface area (Å²) >= 11 is 1.75. The largest absolute Gasteiger partial charge is 0.378 e. The minimum absolute atomic E-state index is 0.280. The van der Waals surface area contributed by atoms with Gasteiger partial charge in [-0.3, -0.25) is 14.3 Å². The third-order valence-electron chi connectivity index (χ3n) is 8.11. The number of imidazole rings is 1. The van der Waals surface area contributed by atoms with Gasteiger partial charge in [0.1, 0.15) is 5.82 Å². The Morgan fingerprint density at radius 2 is 1.82 bits per heavy atom. The smallest absolute Gasteiger partial charge is 0.238 e. The van der Waals surface area contributed by atoms with Crippen molar-refractivity contribution in [2.24, 2.45) is 0 Å². The summed E-state index contributed by atoms with van der Waals surface area (Å²) in [7, 11) is 0. The first-order valence-corrected chi connectivity index (χ1v) is 14.5. The lowest BCUT2D eigenvalue weighted by atomic mass is 10.1. The van der Waals surface area contributed by atoms with Crippen molar-refractivity contribution in [3.05, 3.63) is 41.0 Å². The van der Waals surface area contributed by atoms with Gasteiger partial charge in [-0.05, 0) is 38.0 Å². The van der Waals surface area contributed by atoms with Crippen molar-refractivity contribution in [1.82, 2.24) is 29.3 Å². The van der Waals surface area contributed by atoms with E-state index in [2.05, 4.69) is 31.4 Å². The summed E-state index contributed by atoms with van der Waals surface area (Å²) in [5, 5.41) is 0. The molecule has 3 aliphatic rings. The van der Waals surface area contributed by atoms with Crippen LogP contribution in [0, 0.1) is 6.92 Å². The van der Waals surface area contributed by atoms with Crippen LogP contribution in [0.4, 0.5) is 5.82 Å². The standard InChI is InChI=1S/C28H33N7O2S/c1-19-29-22-8-4-5-9-24(22)35(19)28-30-23-16-21(38-26(23)27(31-28)33-12-14-37-15-13-33)17-32-10-11-34(25(36)18-32)20-6-2-3-7-20/h4-5,8-9,16,20H,2-3,6-7,10-15,17-18H2,1H3. The molecule has 0 N–H and O–H groups in total. The molecule has 4 aromatic rings. The molecule has 10 heteroatoms. The molecule has 5 heterocycles. The molecule has 1 aromatic carbocycles. The van der Waals surface area contributed by atoms with Crippen molar-refractivity contribution in [3.63, 3.8) is 0 Å². The number of hydrogen-bond acceptors (Lipinski definition) is 8. The predicted molar refractivity (Wildman–Crippen MR) is 149 cm³/mol. The molecule has 9 nitrogen and oxygen atoms in total. The van der Waals surface area contributed by atoms with Crippen LogP contribution in [0.25, 0.3) is 27.2 Å². The molecule has 3 aromatic heterocycles. The lowest BCUT2D eigenvalue weighted by Gasteiger charge is -2.37. The van der Waals surface area contributed by atoms with Gasteiger partial charge in [-0.15, -0.1) is 11.3 Å². The van der Waals surface area contributed by atoms with E-state index in [0.29, 0.717) is 31.7 Å². The zero-order valence-corrected chi connectivity index (χ0v) is 22.6. The van der Waals surface area contributed by atoms with Crippen molar-refractivity contribution >= 4 is 44.3 Å². The number of ether oxygens (including phenoxy) is 1. The number of nitrogens with zero attached hydrogens (tertiary/aromatic N) is 7. The van der Waals surface area contributed by atoms with Crippen LogP contribution in [0.15, 0.2) is 30.3 Å². The average molecular weight is 532 g/mol. The molecule has 1 saturated carbocycles. The second-order valence-corrected chi connectivity index (χ2v) is 11.7. The Labute approximate surface area is 226 Å². The van der Waals surface area contributed by atoms with E-state index >= 15 is 0 Å².